The molecule has 6 nitrogen and oxygen atoms in total. The number of hydrogen-bond donors (Lipinski definition) is 0. The van der Waals surface area contributed by atoms with E-state index in [0.717, 1.165) is 36.5 Å². The van der Waals surface area contributed by atoms with Gasteiger partial charge in [-0.15, -0.1) is 16.8 Å². The molecule has 142 valence electrons. The number of allylic oxidation sites excluding steroid dienone is 1. The molecule has 7 heteroatoms. The van der Waals surface area contributed by atoms with E-state index in [-0.39, 0.29) is 5.91 Å². The lowest BCUT2D eigenvalue weighted by Crippen LogP contribution is -2.36. The lowest BCUT2D eigenvalue weighted by atomic mass is 10.0. The van der Waals surface area contributed by atoms with E-state index in [4.69, 9.17) is 0 Å². The van der Waals surface area contributed by atoms with Crippen molar-refractivity contribution in [3.05, 3.63) is 67.0 Å². The molecule has 3 heterocycles. The number of benzene rings is 1. The largest absolute Gasteiger partial charge is 0.311 e. The van der Waals surface area contributed by atoms with Crippen molar-refractivity contribution in [2.75, 3.05) is 17.2 Å². The molecule has 28 heavy (non-hydrogen) atoms. The first-order valence-corrected chi connectivity index (χ1v) is 10.2. The summed E-state index contributed by atoms with van der Waals surface area (Å²) in [5.74, 6) is 1.16. The monoisotopic (exact) mass is 391 g/mol. The molecule has 0 atom stereocenters. The lowest BCUT2D eigenvalue weighted by molar-refractivity contribution is -0.116. The zero-order chi connectivity index (χ0) is 19.3. The molecule has 1 aliphatic heterocycles. The molecule has 0 spiro atoms. The summed E-state index contributed by atoms with van der Waals surface area (Å²) in [6, 6.07) is 11.9. The Morgan fingerprint density at radius 3 is 2.82 bits per heavy atom. The van der Waals surface area contributed by atoms with Crippen LogP contribution in [0.1, 0.15) is 12.0 Å². The number of amides is 1. The summed E-state index contributed by atoms with van der Waals surface area (Å²) in [6.45, 7) is 5.17. The van der Waals surface area contributed by atoms with Crippen LogP contribution in [-0.2, 0) is 17.8 Å². The molecule has 0 bridgehead atoms. The van der Waals surface area contributed by atoms with Gasteiger partial charge in [0.25, 0.3) is 0 Å². The molecule has 0 fully saturated rings. The van der Waals surface area contributed by atoms with Gasteiger partial charge in [0.15, 0.2) is 11.0 Å². The third-order valence-corrected chi connectivity index (χ3v) is 5.65. The SMILES string of the molecule is C=CCn1c(SCC(=O)N2CCCc3ccccc32)nnc1-c1ccncc1. The molecule has 4 rings (SSSR count). The average molecular weight is 392 g/mol. The van der Waals surface area contributed by atoms with E-state index in [1.807, 2.05) is 39.8 Å². The van der Waals surface area contributed by atoms with Crippen LogP contribution in [0.15, 0.2) is 66.6 Å². The number of fused-ring (bicyclic) bond motifs is 1. The normalized spacial score (nSPS) is 13.2. The molecule has 0 N–H and O–H groups in total. The van der Waals surface area contributed by atoms with Gasteiger partial charge in [-0.2, -0.15) is 0 Å². The molecular formula is C21H21N5OS. The Hall–Kier alpha value is -2.93. The van der Waals surface area contributed by atoms with Crippen molar-refractivity contribution in [2.45, 2.75) is 24.5 Å². The van der Waals surface area contributed by atoms with E-state index in [1.165, 1.54) is 17.3 Å². The van der Waals surface area contributed by atoms with Gasteiger partial charge in [-0.25, -0.2) is 0 Å². The van der Waals surface area contributed by atoms with E-state index in [2.05, 4.69) is 27.8 Å². The zero-order valence-electron chi connectivity index (χ0n) is 15.5. The molecule has 1 aliphatic rings. The standard InChI is InChI=1S/C21H21N5OS/c1-2-13-26-20(17-9-11-22-12-10-17)23-24-21(26)28-15-19(27)25-14-5-7-16-6-3-4-8-18(16)25/h2-4,6,8-12H,1,5,7,13-15H2. The molecule has 0 aliphatic carbocycles. The molecule has 0 unspecified atom stereocenters. The van der Waals surface area contributed by atoms with Gasteiger partial charge < -0.3 is 4.90 Å². The first-order chi connectivity index (χ1) is 13.8. The highest BCUT2D eigenvalue weighted by atomic mass is 32.2. The average Bonchev–Trinajstić information content (AvgIpc) is 3.15. The first-order valence-electron chi connectivity index (χ1n) is 9.23. The van der Waals surface area contributed by atoms with Crippen LogP contribution in [0.2, 0.25) is 0 Å². The number of hydrogen-bond acceptors (Lipinski definition) is 5. The predicted octanol–water partition coefficient (Wildman–Crippen LogP) is 3.60. The minimum Gasteiger partial charge on any atom is -0.311 e. The second kappa shape index (κ2) is 8.39. The second-order valence-electron chi connectivity index (χ2n) is 6.51. The third kappa shape index (κ3) is 3.71. The summed E-state index contributed by atoms with van der Waals surface area (Å²) >= 11 is 1.41. The third-order valence-electron chi connectivity index (χ3n) is 4.70. The fraction of sp³-hybridized carbons (Fsp3) is 0.238. The smallest absolute Gasteiger partial charge is 0.237 e. The summed E-state index contributed by atoms with van der Waals surface area (Å²) in [7, 11) is 0. The number of anilines is 1. The fourth-order valence-corrected chi connectivity index (χ4v) is 4.22. The number of para-hydroxylation sites is 1. The van der Waals surface area contributed by atoms with Crippen molar-refractivity contribution in [3.63, 3.8) is 0 Å². The second-order valence-corrected chi connectivity index (χ2v) is 7.45. The summed E-state index contributed by atoms with van der Waals surface area (Å²) in [6.07, 6.45) is 7.28. The minimum atomic E-state index is 0.0933. The van der Waals surface area contributed by atoms with E-state index in [1.54, 1.807) is 18.5 Å². The van der Waals surface area contributed by atoms with Gasteiger partial charge >= 0.3 is 0 Å². The number of thioether (sulfide) groups is 1. The first kappa shape index (κ1) is 18.4. The Labute approximate surface area is 168 Å². The molecule has 0 radical (unpaired) electrons. The Kier molecular flexibility index (Phi) is 5.53. The van der Waals surface area contributed by atoms with Crippen molar-refractivity contribution in [2.24, 2.45) is 0 Å². The zero-order valence-corrected chi connectivity index (χ0v) is 16.3. The Balaban J connectivity index is 1.52. The fourth-order valence-electron chi connectivity index (χ4n) is 3.40. The summed E-state index contributed by atoms with van der Waals surface area (Å²) in [4.78, 5) is 18.8. The Morgan fingerprint density at radius 1 is 1.18 bits per heavy atom. The summed E-state index contributed by atoms with van der Waals surface area (Å²) < 4.78 is 1.98. The maximum Gasteiger partial charge on any atom is 0.237 e. The quantitative estimate of drug-likeness (QED) is 0.475. The maximum atomic E-state index is 12.9. The number of pyridine rings is 1. The molecule has 0 saturated carbocycles. The Bertz CT molecular complexity index is 985. The number of nitrogens with zero attached hydrogens (tertiary/aromatic N) is 5. The molecule has 1 aromatic carbocycles. The van der Waals surface area contributed by atoms with Crippen LogP contribution < -0.4 is 4.90 Å². The molecule has 2 aromatic heterocycles. The van der Waals surface area contributed by atoms with Gasteiger partial charge in [0.1, 0.15) is 0 Å². The van der Waals surface area contributed by atoms with Crippen LogP contribution in [0, 0.1) is 0 Å². The summed E-state index contributed by atoms with van der Waals surface area (Å²) in [5, 5.41) is 9.35. The number of carbonyl (C=O) groups excluding carboxylic acids is 1. The number of aryl methyl sites for hydroxylation is 1. The minimum absolute atomic E-state index is 0.0933. The van der Waals surface area contributed by atoms with Crippen LogP contribution in [0.5, 0.6) is 0 Å². The number of rotatable bonds is 6. The molecule has 3 aromatic rings. The van der Waals surface area contributed by atoms with Gasteiger partial charge in [-0.05, 0) is 36.6 Å². The van der Waals surface area contributed by atoms with Crippen LogP contribution in [-0.4, -0.2) is 38.0 Å². The highest BCUT2D eigenvalue weighted by Crippen LogP contribution is 2.29. The van der Waals surface area contributed by atoms with E-state index in [0.29, 0.717) is 17.5 Å². The Morgan fingerprint density at radius 2 is 2.00 bits per heavy atom. The van der Waals surface area contributed by atoms with E-state index >= 15 is 0 Å². The van der Waals surface area contributed by atoms with E-state index < -0.39 is 0 Å². The van der Waals surface area contributed by atoms with Gasteiger partial charge in [0.05, 0.1) is 5.75 Å². The molecular weight excluding hydrogens is 370 g/mol. The van der Waals surface area contributed by atoms with Gasteiger partial charge in [0, 0.05) is 36.7 Å². The maximum absolute atomic E-state index is 12.9. The molecule has 0 saturated heterocycles. The van der Waals surface area contributed by atoms with Gasteiger partial charge in [-0.1, -0.05) is 36.0 Å². The highest BCUT2D eigenvalue weighted by Gasteiger charge is 2.23. The van der Waals surface area contributed by atoms with Crippen LogP contribution in [0.25, 0.3) is 11.4 Å². The number of carbonyl (C=O) groups is 1. The molecule has 1 amide bonds. The highest BCUT2D eigenvalue weighted by molar-refractivity contribution is 7.99. The van der Waals surface area contributed by atoms with Gasteiger partial charge in [-0.3, -0.25) is 14.3 Å². The number of aromatic nitrogens is 4. The topological polar surface area (TPSA) is 63.9 Å². The lowest BCUT2D eigenvalue weighted by Gasteiger charge is -2.29. The van der Waals surface area contributed by atoms with Crippen LogP contribution in [0.3, 0.4) is 0 Å². The summed E-state index contributed by atoms with van der Waals surface area (Å²) in [5.41, 5.74) is 3.21. The van der Waals surface area contributed by atoms with Gasteiger partial charge in [0.2, 0.25) is 5.91 Å². The van der Waals surface area contributed by atoms with Crippen LogP contribution >= 0.6 is 11.8 Å². The van der Waals surface area contributed by atoms with Crippen molar-refractivity contribution in [1.82, 2.24) is 19.7 Å². The van der Waals surface area contributed by atoms with Crippen LogP contribution in [0.4, 0.5) is 5.69 Å². The predicted molar refractivity (Wildman–Crippen MR) is 111 cm³/mol. The van der Waals surface area contributed by atoms with Crippen molar-refractivity contribution in [1.29, 1.82) is 0 Å². The van der Waals surface area contributed by atoms with Crippen molar-refractivity contribution < 1.29 is 4.79 Å². The van der Waals surface area contributed by atoms with Crippen molar-refractivity contribution >= 4 is 23.4 Å². The van der Waals surface area contributed by atoms with Crippen molar-refractivity contribution in [3.8, 4) is 11.4 Å². The van der Waals surface area contributed by atoms with E-state index in [9.17, 15) is 4.79 Å².